The third-order valence-electron chi connectivity index (χ3n) is 3.53. The van der Waals surface area contributed by atoms with Crippen LogP contribution < -0.4 is 5.32 Å². The Morgan fingerprint density at radius 3 is 2.35 bits per heavy atom. The van der Waals surface area contributed by atoms with E-state index in [1.165, 1.54) is 7.11 Å². The van der Waals surface area contributed by atoms with Crippen LogP contribution in [0.2, 0.25) is 0 Å². The molecule has 0 aromatic heterocycles. The average Bonchev–Trinajstić information content (AvgIpc) is 2.67. The summed E-state index contributed by atoms with van der Waals surface area (Å²) in [6, 6.07) is 14.5. The number of rotatable bonds is 9. The number of hydrogen-bond donors (Lipinski definition) is 2. The van der Waals surface area contributed by atoms with Gasteiger partial charge in [-0.1, -0.05) is 42.5 Å². The van der Waals surface area contributed by atoms with Gasteiger partial charge in [0.05, 0.1) is 13.7 Å². The summed E-state index contributed by atoms with van der Waals surface area (Å²) in [4.78, 5) is 35.2. The molecule has 1 unspecified atom stereocenters. The summed E-state index contributed by atoms with van der Waals surface area (Å²) in [6.45, 7) is -0.757. The van der Waals surface area contributed by atoms with Crippen molar-refractivity contribution in [1.29, 1.82) is 0 Å². The molecule has 7 heteroatoms. The zero-order valence-corrected chi connectivity index (χ0v) is 14.2. The molecule has 0 aliphatic carbocycles. The Balaban J connectivity index is 2.22. The molecule has 2 rings (SSSR count). The number of carbonyl (C=O) groups is 3. The zero-order valence-electron chi connectivity index (χ0n) is 14.2. The highest BCUT2D eigenvalue weighted by Gasteiger charge is 2.22. The zero-order chi connectivity index (χ0) is 18.9. The summed E-state index contributed by atoms with van der Waals surface area (Å²) in [5, 5.41) is 11.6. The highest BCUT2D eigenvalue weighted by atomic mass is 16.5. The number of benzene rings is 2. The van der Waals surface area contributed by atoms with Gasteiger partial charge in [-0.05, 0) is 12.1 Å². The fourth-order valence-electron chi connectivity index (χ4n) is 2.31. The van der Waals surface area contributed by atoms with Gasteiger partial charge in [0.25, 0.3) is 0 Å². The second kappa shape index (κ2) is 9.33. The smallest absolute Gasteiger partial charge is 0.330 e. The minimum atomic E-state index is -1.15. The lowest BCUT2D eigenvalue weighted by molar-refractivity contribution is -0.147. The summed E-state index contributed by atoms with van der Waals surface area (Å²) < 4.78 is 9.70. The molecule has 0 bridgehead atoms. The Kier molecular flexibility index (Phi) is 6.87. The fraction of sp³-hybridized carbons (Fsp3) is 0.211. The lowest BCUT2D eigenvalue weighted by atomic mass is 10.0. The molecular weight excluding hydrogens is 338 g/mol. The maximum absolute atomic E-state index is 12.7. The first kappa shape index (κ1) is 19.1. The molecule has 26 heavy (non-hydrogen) atoms. The van der Waals surface area contributed by atoms with E-state index in [9.17, 15) is 14.4 Å². The highest BCUT2D eigenvalue weighted by molar-refractivity contribution is 6.12. The summed E-state index contributed by atoms with van der Waals surface area (Å²) in [7, 11) is 1.22. The number of anilines is 1. The number of aliphatic carboxylic acids is 1. The van der Waals surface area contributed by atoms with E-state index in [0.29, 0.717) is 16.8 Å². The summed E-state index contributed by atoms with van der Waals surface area (Å²) in [5.41, 5.74) is 1.32. The fourth-order valence-corrected chi connectivity index (χ4v) is 2.31. The molecule has 0 radical (unpaired) electrons. The molecule has 0 heterocycles. The largest absolute Gasteiger partial charge is 0.480 e. The standard InChI is InChI=1S/C19H19NO6/c1-25-19(24)16(11-26-12-17(21)22)20-15-10-6-5-9-14(15)18(23)13-7-3-2-4-8-13/h2-10,16,20H,11-12H2,1H3,(H,21,22). The SMILES string of the molecule is COC(=O)C(COCC(=O)O)Nc1ccccc1C(=O)c1ccccc1. The molecule has 0 aliphatic rings. The van der Waals surface area contributed by atoms with E-state index in [-0.39, 0.29) is 12.4 Å². The number of nitrogens with one attached hydrogen (secondary N) is 1. The minimum Gasteiger partial charge on any atom is -0.480 e. The normalized spacial score (nSPS) is 11.4. The lowest BCUT2D eigenvalue weighted by Crippen LogP contribution is -2.36. The number of methoxy groups -OCH3 is 1. The van der Waals surface area contributed by atoms with Gasteiger partial charge in [0.2, 0.25) is 0 Å². The predicted molar refractivity (Wildman–Crippen MR) is 94.2 cm³/mol. The first-order chi connectivity index (χ1) is 12.5. The molecule has 0 spiro atoms. The van der Waals surface area contributed by atoms with Crippen LogP contribution in [0.1, 0.15) is 15.9 Å². The van der Waals surface area contributed by atoms with Crippen molar-refractivity contribution in [3.05, 3.63) is 65.7 Å². The average molecular weight is 357 g/mol. The van der Waals surface area contributed by atoms with Gasteiger partial charge in [-0.2, -0.15) is 0 Å². The summed E-state index contributed by atoms with van der Waals surface area (Å²) in [5.74, 6) is -1.98. The monoisotopic (exact) mass is 357 g/mol. The molecule has 136 valence electrons. The first-order valence-electron chi connectivity index (χ1n) is 7.85. The van der Waals surface area contributed by atoms with Crippen LogP contribution in [0.25, 0.3) is 0 Å². The van der Waals surface area contributed by atoms with Crippen LogP contribution in [-0.4, -0.2) is 49.2 Å². The van der Waals surface area contributed by atoms with E-state index in [1.54, 1.807) is 48.5 Å². The van der Waals surface area contributed by atoms with Crippen molar-refractivity contribution in [2.45, 2.75) is 6.04 Å². The van der Waals surface area contributed by atoms with Gasteiger partial charge < -0.3 is 19.9 Å². The molecule has 2 aromatic carbocycles. The van der Waals surface area contributed by atoms with Crippen LogP contribution in [0.5, 0.6) is 0 Å². The Morgan fingerprint density at radius 1 is 1.04 bits per heavy atom. The maximum atomic E-state index is 12.7. The second-order valence-electron chi connectivity index (χ2n) is 5.37. The number of ketones is 1. The molecule has 7 nitrogen and oxygen atoms in total. The highest BCUT2D eigenvalue weighted by Crippen LogP contribution is 2.20. The van der Waals surface area contributed by atoms with Crippen molar-refractivity contribution in [3.63, 3.8) is 0 Å². The first-order valence-corrected chi connectivity index (χ1v) is 7.85. The molecule has 2 N–H and O–H groups in total. The van der Waals surface area contributed by atoms with Crippen LogP contribution in [0.15, 0.2) is 54.6 Å². The van der Waals surface area contributed by atoms with Gasteiger partial charge in [0.15, 0.2) is 5.78 Å². The lowest BCUT2D eigenvalue weighted by Gasteiger charge is -2.19. The van der Waals surface area contributed by atoms with Gasteiger partial charge in [0.1, 0.15) is 12.6 Å². The van der Waals surface area contributed by atoms with E-state index in [2.05, 4.69) is 5.32 Å². The molecule has 0 saturated heterocycles. The van der Waals surface area contributed by atoms with Crippen molar-refractivity contribution in [2.24, 2.45) is 0 Å². The van der Waals surface area contributed by atoms with E-state index < -0.39 is 24.6 Å². The Hall–Kier alpha value is -3.19. The summed E-state index contributed by atoms with van der Waals surface area (Å²) in [6.07, 6.45) is 0. The van der Waals surface area contributed by atoms with E-state index >= 15 is 0 Å². The third-order valence-corrected chi connectivity index (χ3v) is 3.53. The molecule has 0 aliphatic heterocycles. The molecule has 0 saturated carbocycles. The molecule has 1 atom stereocenters. The number of ether oxygens (including phenoxy) is 2. The van der Waals surface area contributed by atoms with Gasteiger partial charge in [-0.3, -0.25) is 4.79 Å². The number of hydrogen-bond acceptors (Lipinski definition) is 6. The number of carboxylic acids is 1. The van der Waals surface area contributed by atoms with Gasteiger partial charge in [-0.25, -0.2) is 9.59 Å². The van der Waals surface area contributed by atoms with Gasteiger partial charge in [-0.15, -0.1) is 0 Å². The number of carbonyl (C=O) groups excluding carboxylic acids is 2. The Morgan fingerprint density at radius 2 is 1.69 bits per heavy atom. The quantitative estimate of drug-likeness (QED) is 0.522. The van der Waals surface area contributed by atoms with E-state index in [0.717, 1.165) is 0 Å². The molecule has 0 fully saturated rings. The van der Waals surface area contributed by atoms with Crippen molar-refractivity contribution < 1.29 is 29.0 Å². The van der Waals surface area contributed by atoms with Crippen molar-refractivity contribution in [2.75, 3.05) is 25.6 Å². The Bertz CT molecular complexity index is 775. The molecule has 2 aromatic rings. The topological polar surface area (TPSA) is 102 Å². The van der Waals surface area contributed by atoms with Crippen molar-refractivity contribution in [1.82, 2.24) is 0 Å². The van der Waals surface area contributed by atoms with Crippen LogP contribution >= 0.6 is 0 Å². The van der Waals surface area contributed by atoms with Crippen molar-refractivity contribution in [3.8, 4) is 0 Å². The predicted octanol–water partition coefficient (Wildman–Crippen LogP) is 1.97. The second-order valence-corrected chi connectivity index (χ2v) is 5.37. The van der Waals surface area contributed by atoms with Gasteiger partial charge in [0, 0.05) is 16.8 Å². The minimum absolute atomic E-state index is 0.205. The van der Waals surface area contributed by atoms with Crippen molar-refractivity contribution >= 4 is 23.4 Å². The molecule has 0 amide bonds. The van der Waals surface area contributed by atoms with Crippen LogP contribution in [0.4, 0.5) is 5.69 Å². The number of esters is 1. The van der Waals surface area contributed by atoms with Crippen LogP contribution in [0.3, 0.4) is 0 Å². The number of para-hydroxylation sites is 1. The summed E-state index contributed by atoms with van der Waals surface area (Å²) >= 11 is 0. The number of carboxylic acid groups (broad SMARTS) is 1. The third kappa shape index (κ3) is 5.15. The van der Waals surface area contributed by atoms with Crippen LogP contribution in [-0.2, 0) is 19.1 Å². The van der Waals surface area contributed by atoms with Gasteiger partial charge >= 0.3 is 11.9 Å². The Labute approximate surface area is 150 Å². The van der Waals surface area contributed by atoms with Crippen LogP contribution in [0, 0.1) is 0 Å². The molecular formula is C19H19NO6. The van der Waals surface area contributed by atoms with E-state index in [1.807, 2.05) is 6.07 Å². The van der Waals surface area contributed by atoms with E-state index in [4.69, 9.17) is 14.6 Å². The maximum Gasteiger partial charge on any atom is 0.330 e.